The van der Waals surface area contributed by atoms with E-state index in [0.717, 1.165) is 12.5 Å². The van der Waals surface area contributed by atoms with E-state index < -0.39 is 0 Å². The summed E-state index contributed by atoms with van der Waals surface area (Å²) in [5, 5.41) is 0. The van der Waals surface area contributed by atoms with E-state index in [9.17, 15) is 4.79 Å². The molecular formula is C15H27NO. The van der Waals surface area contributed by atoms with E-state index in [4.69, 9.17) is 0 Å². The standard InChI is InChI=1S/C15H27NO/c1-15(2,3)14(17)16-11-7-10-13(16)12-8-5-4-6-9-12/h12-13H,4-11H2,1-3H3. The summed E-state index contributed by atoms with van der Waals surface area (Å²) in [6, 6.07) is 0.557. The molecule has 17 heavy (non-hydrogen) atoms. The monoisotopic (exact) mass is 237 g/mol. The smallest absolute Gasteiger partial charge is 0.228 e. The first-order chi connectivity index (χ1) is 8.00. The highest BCUT2D eigenvalue weighted by atomic mass is 16.2. The Morgan fingerprint density at radius 1 is 1.00 bits per heavy atom. The SMILES string of the molecule is CC(C)(C)C(=O)N1CCCC1C1CCCCC1. The summed E-state index contributed by atoms with van der Waals surface area (Å²) in [7, 11) is 0. The van der Waals surface area contributed by atoms with E-state index in [1.165, 1.54) is 44.9 Å². The van der Waals surface area contributed by atoms with Crippen molar-refractivity contribution in [3.8, 4) is 0 Å². The van der Waals surface area contributed by atoms with Crippen LogP contribution < -0.4 is 0 Å². The van der Waals surface area contributed by atoms with Gasteiger partial charge in [0.2, 0.25) is 5.91 Å². The molecule has 0 aromatic rings. The topological polar surface area (TPSA) is 20.3 Å². The number of amides is 1. The Labute approximate surface area is 106 Å². The molecule has 0 radical (unpaired) electrons. The molecule has 1 heterocycles. The van der Waals surface area contributed by atoms with Crippen LogP contribution in [0.1, 0.15) is 65.7 Å². The minimum absolute atomic E-state index is 0.211. The molecule has 0 spiro atoms. The van der Waals surface area contributed by atoms with Crippen LogP contribution in [0.2, 0.25) is 0 Å². The molecular weight excluding hydrogens is 210 g/mol. The number of carbonyl (C=O) groups is 1. The molecule has 0 bridgehead atoms. The number of likely N-dealkylation sites (tertiary alicyclic amines) is 1. The molecule has 0 aromatic heterocycles. The molecule has 2 rings (SSSR count). The van der Waals surface area contributed by atoms with Crippen molar-refractivity contribution in [3.63, 3.8) is 0 Å². The van der Waals surface area contributed by atoms with Gasteiger partial charge in [-0.05, 0) is 31.6 Å². The Bertz CT molecular complexity index is 273. The Hall–Kier alpha value is -0.530. The third kappa shape index (κ3) is 2.83. The molecule has 1 saturated carbocycles. The fourth-order valence-corrected chi connectivity index (χ4v) is 3.48. The highest BCUT2D eigenvalue weighted by Gasteiger charge is 2.38. The van der Waals surface area contributed by atoms with Crippen LogP contribution in [0.4, 0.5) is 0 Å². The zero-order valence-electron chi connectivity index (χ0n) is 11.7. The number of carbonyl (C=O) groups excluding carboxylic acids is 1. The number of hydrogen-bond donors (Lipinski definition) is 0. The van der Waals surface area contributed by atoms with Crippen molar-refractivity contribution in [2.45, 2.75) is 71.8 Å². The predicted octanol–water partition coefficient (Wildman–Crippen LogP) is 3.60. The van der Waals surface area contributed by atoms with Crippen molar-refractivity contribution in [2.75, 3.05) is 6.54 Å². The van der Waals surface area contributed by atoms with E-state index >= 15 is 0 Å². The Balaban J connectivity index is 2.04. The Morgan fingerprint density at radius 2 is 1.65 bits per heavy atom. The average molecular weight is 237 g/mol. The molecule has 2 heteroatoms. The highest BCUT2D eigenvalue weighted by Crippen LogP contribution is 2.36. The summed E-state index contributed by atoms with van der Waals surface area (Å²) < 4.78 is 0. The Kier molecular flexibility index (Phi) is 3.79. The molecule has 1 atom stereocenters. The van der Waals surface area contributed by atoms with Gasteiger partial charge >= 0.3 is 0 Å². The van der Waals surface area contributed by atoms with Crippen molar-refractivity contribution in [1.29, 1.82) is 0 Å². The van der Waals surface area contributed by atoms with Gasteiger partial charge in [0.25, 0.3) is 0 Å². The second-order valence-electron chi connectivity index (χ2n) is 6.86. The maximum Gasteiger partial charge on any atom is 0.228 e. The summed E-state index contributed by atoms with van der Waals surface area (Å²) in [6.07, 6.45) is 9.29. The summed E-state index contributed by atoms with van der Waals surface area (Å²) in [5.74, 6) is 1.16. The lowest BCUT2D eigenvalue weighted by Gasteiger charge is -2.37. The molecule has 2 aliphatic rings. The summed E-state index contributed by atoms with van der Waals surface area (Å²) >= 11 is 0. The van der Waals surface area contributed by atoms with Crippen molar-refractivity contribution in [3.05, 3.63) is 0 Å². The van der Waals surface area contributed by atoms with Crippen LogP contribution >= 0.6 is 0 Å². The van der Waals surface area contributed by atoms with Crippen LogP contribution in [0.25, 0.3) is 0 Å². The molecule has 0 aromatic carbocycles. The quantitative estimate of drug-likeness (QED) is 0.682. The van der Waals surface area contributed by atoms with Crippen LogP contribution in [0.3, 0.4) is 0 Å². The first-order valence-corrected chi connectivity index (χ1v) is 7.31. The highest BCUT2D eigenvalue weighted by molar-refractivity contribution is 5.82. The van der Waals surface area contributed by atoms with Gasteiger partial charge in [-0.15, -0.1) is 0 Å². The third-order valence-electron chi connectivity index (χ3n) is 4.40. The number of rotatable bonds is 1. The van der Waals surface area contributed by atoms with Crippen LogP contribution in [0, 0.1) is 11.3 Å². The minimum Gasteiger partial charge on any atom is -0.339 e. The summed E-state index contributed by atoms with van der Waals surface area (Å²) in [4.78, 5) is 14.7. The van der Waals surface area contributed by atoms with Gasteiger partial charge in [0.05, 0.1) is 0 Å². The van der Waals surface area contributed by atoms with Crippen molar-refractivity contribution < 1.29 is 4.79 Å². The second kappa shape index (κ2) is 4.99. The van der Waals surface area contributed by atoms with Gasteiger partial charge in [-0.1, -0.05) is 40.0 Å². The van der Waals surface area contributed by atoms with Gasteiger partial charge in [0.15, 0.2) is 0 Å². The molecule has 1 aliphatic heterocycles. The van der Waals surface area contributed by atoms with Crippen molar-refractivity contribution >= 4 is 5.91 Å². The molecule has 1 unspecified atom stereocenters. The van der Waals surface area contributed by atoms with Gasteiger partial charge in [-0.3, -0.25) is 4.79 Å². The van der Waals surface area contributed by atoms with Crippen molar-refractivity contribution in [1.82, 2.24) is 4.90 Å². The average Bonchev–Trinajstić information content (AvgIpc) is 2.76. The molecule has 0 N–H and O–H groups in total. The lowest BCUT2D eigenvalue weighted by Crippen LogP contribution is -2.45. The number of nitrogens with zero attached hydrogens (tertiary/aromatic N) is 1. The van der Waals surface area contributed by atoms with Gasteiger partial charge in [0.1, 0.15) is 0 Å². The fraction of sp³-hybridized carbons (Fsp3) is 0.933. The molecule has 2 fully saturated rings. The van der Waals surface area contributed by atoms with E-state index in [0.29, 0.717) is 11.9 Å². The molecule has 1 saturated heterocycles. The first kappa shape index (κ1) is 12.9. The zero-order chi connectivity index (χ0) is 12.5. The van der Waals surface area contributed by atoms with Crippen LogP contribution in [-0.4, -0.2) is 23.4 Å². The van der Waals surface area contributed by atoms with Gasteiger partial charge in [-0.2, -0.15) is 0 Å². The van der Waals surface area contributed by atoms with Gasteiger partial charge in [0, 0.05) is 18.0 Å². The van der Waals surface area contributed by atoms with Crippen LogP contribution in [0.15, 0.2) is 0 Å². The maximum atomic E-state index is 12.4. The number of hydrogen-bond acceptors (Lipinski definition) is 1. The maximum absolute atomic E-state index is 12.4. The Morgan fingerprint density at radius 3 is 2.24 bits per heavy atom. The normalized spacial score (nSPS) is 27.5. The largest absolute Gasteiger partial charge is 0.339 e. The second-order valence-corrected chi connectivity index (χ2v) is 6.86. The van der Waals surface area contributed by atoms with Crippen LogP contribution in [-0.2, 0) is 4.79 Å². The van der Waals surface area contributed by atoms with Crippen molar-refractivity contribution in [2.24, 2.45) is 11.3 Å². The molecule has 1 aliphatic carbocycles. The van der Waals surface area contributed by atoms with E-state index in [1.54, 1.807) is 0 Å². The zero-order valence-corrected chi connectivity index (χ0v) is 11.7. The van der Waals surface area contributed by atoms with Gasteiger partial charge in [-0.25, -0.2) is 0 Å². The first-order valence-electron chi connectivity index (χ1n) is 7.31. The van der Waals surface area contributed by atoms with Gasteiger partial charge < -0.3 is 4.90 Å². The molecule has 2 nitrogen and oxygen atoms in total. The summed E-state index contributed by atoms with van der Waals surface area (Å²) in [6.45, 7) is 7.14. The fourth-order valence-electron chi connectivity index (χ4n) is 3.48. The van der Waals surface area contributed by atoms with E-state index in [2.05, 4.69) is 4.90 Å². The van der Waals surface area contributed by atoms with E-state index in [1.807, 2.05) is 20.8 Å². The lowest BCUT2D eigenvalue weighted by molar-refractivity contribution is -0.141. The van der Waals surface area contributed by atoms with Crippen LogP contribution in [0.5, 0.6) is 0 Å². The molecule has 1 amide bonds. The van der Waals surface area contributed by atoms with E-state index in [-0.39, 0.29) is 5.41 Å². The summed E-state index contributed by atoms with van der Waals surface area (Å²) in [5.41, 5.74) is -0.211. The lowest BCUT2D eigenvalue weighted by atomic mass is 9.82. The predicted molar refractivity (Wildman–Crippen MR) is 70.8 cm³/mol. The third-order valence-corrected chi connectivity index (χ3v) is 4.40. The molecule has 98 valence electrons. The minimum atomic E-state index is -0.211.